The van der Waals surface area contributed by atoms with E-state index in [9.17, 15) is 4.79 Å². The van der Waals surface area contributed by atoms with Crippen LogP contribution in [0.4, 0.5) is 11.4 Å². The number of nitrogen functional groups attached to an aromatic ring is 1. The van der Waals surface area contributed by atoms with Crippen LogP contribution in [0, 0.1) is 0 Å². The summed E-state index contributed by atoms with van der Waals surface area (Å²) in [4.78, 5) is 13.6. The number of hydrogen-bond donors (Lipinski definition) is 3. The number of nitrogens with zero attached hydrogens (tertiary/aromatic N) is 1. The van der Waals surface area contributed by atoms with Crippen LogP contribution in [0.25, 0.3) is 0 Å². The second-order valence-electron chi connectivity index (χ2n) is 3.88. The zero-order chi connectivity index (χ0) is 13.5. The Morgan fingerprint density at radius 3 is 2.89 bits per heavy atom. The van der Waals surface area contributed by atoms with E-state index in [1.54, 1.807) is 18.2 Å². The van der Waals surface area contributed by atoms with Crippen molar-refractivity contribution in [2.45, 2.75) is 6.92 Å². The Hall–Kier alpha value is -1.30. The molecular formula is C12H18ClN3O2. The second kappa shape index (κ2) is 7.20. The zero-order valence-electron chi connectivity index (χ0n) is 10.3. The van der Waals surface area contributed by atoms with Gasteiger partial charge in [0.15, 0.2) is 0 Å². The van der Waals surface area contributed by atoms with Crippen LogP contribution in [0.1, 0.15) is 6.92 Å². The third-order valence-corrected chi connectivity index (χ3v) is 2.82. The van der Waals surface area contributed by atoms with Crippen molar-refractivity contribution in [1.29, 1.82) is 0 Å². The summed E-state index contributed by atoms with van der Waals surface area (Å²) in [6.45, 7) is 3.33. The molecular weight excluding hydrogens is 254 g/mol. The Morgan fingerprint density at radius 2 is 2.28 bits per heavy atom. The number of carbonyl (C=O) groups excluding carboxylic acids is 1. The van der Waals surface area contributed by atoms with Crippen LogP contribution in [0.15, 0.2) is 18.2 Å². The van der Waals surface area contributed by atoms with E-state index in [4.69, 9.17) is 22.4 Å². The highest BCUT2D eigenvalue weighted by atomic mass is 35.5. The molecule has 0 aliphatic heterocycles. The molecule has 18 heavy (non-hydrogen) atoms. The average molecular weight is 272 g/mol. The fourth-order valence-corrected chi connectivity index (χ4v) is 1.69. The van der Waals surface area contributed by atoms with Crippen molar-refractivity contribution in [2.75, 3.05) is 37.3 Å². The maximum Gasteiger partial charge on any atom is 0.238 e. The van der Waals surface area contributed by atoms with E-state index >= 15 is 0 Å². The summed E-state index contributed by atoms with van der Waals surface area (Å²) in [6.07, 6.45) is 0. The van der Waals surface area contributed by atoms with Crippen molar-refractivity contribution < 1.29 is 9.90 Å². The smallest absolute Gasteiger partial charge is 0.238 e. The number of nitrogens with two attached hydrogens (primary N) is 1. The molecule has 5 nitrogen and oxygen atoms in total. The summed E-state index contributed by atoms with van der Waals surface area (Å²) in [6, 6.07) is 4.92. The molecule has 0 spiro atoms. The van der Waals surface area contributed by atoms with Crippen LogP contribution in [0.5, 0.6) is 0 Å². The summed E-state index contributed by atoms with van der Waals surface area (Å²) in [7, 11) is 0. The monoisotopic (exact) mass is 271 g/mol. The lowest BCUT2D eigenvalue weighted by Gasteiger charge is -2.18. The maximum absolute atomic E-state index is 11.8. The van der Waals surface area contributed by atoms with Gasteiger partial charge in [-0.05, 0) is 24.7 Å². The topological polar surface area (TPSA) is 78.6 Å². The van der Waals surface area contributed by atoms with Gasteiger partial charge in [0, 0.05) is 12.2 Å². The van der Waals surface area contributed by atoms with Gasteiger partial charge in [-0.25, -0.2) is 0 Å². The fourth-order valence-electron chi connectivity index (χ4n) is 1.52. The molecule has 4 N–H and O–H groups in total. The van der Waals surface area contributed by atoms with Gasteiger partial charge in [-0.3, -0.25) is 9.69 Å². The zero-order valence-corrected chi connectivity index (χ0v) is 11.1. The Labute approximate surface area is 112 Å². The van der Waals surface area contributed by atoms with E-state index in [0.717, 1.165) is 0 Å². The second-order valence-corrected chi connectivity index (χ2v) is 4.29. The quantitative estimate of drug-likeness (QED) is 0.679. The summed E-state index contributed by atoms with van der Waals surface area (Å²) in [5, 5.41) is 12.0. The summed E-state index contributed by atoms with van der Waals surface area (Å²) < 4.78 is 0. The highest BCUT2D eigenvalue weighted by Gasteiger charge is 2.10. The fraction of sp³-hybridized carbons (Fsp3) is 0.417. The predicted octanol–water partition coefficient (Wildman–Crippen LogP) is 1.17. The average Bonchev–Trinajstić information content (AvgIpc) is 2.33. The Balaban J connectivity index is 2.61. The number of rotatable bonds is 6. The van der Waals surface area contributed by atoms with E-state index in [-0.39, 0.29) is 19.1 Å². The van der Waals surface area contributed by atoms with Crippen LogP contribution in [-0.2, 0) is 4.79 Å². The molecule has 1 amide bonds. The number of anilines is 2. The molecule has 100 valence electrons. The van der Waals surface area contributed by atoms with Gasteiger partial charge in [-0.15, -0.1) is 0 Å². The van der Waals surface area contributed by atoms with Crippen molar-refractivity contribution in [3.8, 4) is 0 Å². The van der Waals surface area contributed by atoms with Crippen molar-refractivity contribution in [3.63, 3.8) is 0 Å². The van der Waals surface area contributed by atoms with Gasteiger partial charge < -0.3 is 16.2 Å². The number of likely N-dealkylation sites (N-methyl/N-ethyl adjacent to an activating group) is 1. The molecule has 0 aromatic heterocycles. The number of carbonyl (C=O) groups is 1. The summed E-state index contributed by atoms with van der Waals surface area (Å²) >= 11 is 5.95. The standard InChI is InChI=1S/C12H18ClN3O2/c1-2-16(5-6-17)8-12(18)15-11-7-9(14)3-4-10(11)13/h3-4,7,17H,2,5-6,8,14H2,1H3,(H,15,18). The minimum atomic E-state index is -0.183. The molecule has 1 aromatic carbocycles. The van der Waals surface area contributed by atoms with Crippen molar-refractivity contribution in [3.05, 3.63) is 23.2 Å². The Kier molecular flexibility index (Phi) is 5.91. The van der Waals surface area contributed by atoms with E-state index < -0.39 is 0 Å². The molecule has 0 atom stereocenters. The van der Waals surface area contributed by atoms with Gasteiger partial charge in [0.05, 0.1) is 23.9 Å². The molecule has 6 heteroatoms. The first-order chi connectivity index (χ1) is 8.56. The first-order valence-electron chi connectivity index (χ1n) is 5.75. The van der Waals surface area contributed by atoms with E-state index in [1.807, 2.05) is 11.8 Å². The summed E-state index contributed by atoms with van der Waals surface area (Å²) in [5.74, 6) is -0.183. The lowest BCUT2D eigenvalue weighted by atomic mass is 10.3. The third-order valence-electron chi connectivity index (χ3n) is 2.50. The number of nitrogens with one attached hydrogen (secondary N) is 1. The number of amides is 1. The minimum Gasteiger partial charge on any atom is -0.399 e. The van der Waals surface area contributed by atoms with Crippen LogP contribution in [0.3, 0.4) is 0 Å². The molecule has 0 aliphatic rings. The minimum absolute atomic E-state index is 0.0279. The van der Waals surface area contributed by atoms with Crippen LogP contribution in [-0.4, -0.2) is 42.2 Å². The number of benzene rings is 1. The first kappa shape index (κ1) is 14.8. The van der Waals surface area contributed by atoms with Crippen molar-refractivity contribution in [2.24, 2.45) is 0 Å². The van der Waals surface area contributed by atoms with Gasteiger partial charge in [-0.2, -0.15) is 0 Å². The number of hydrogen-bond acceptors (Lipinski definition) is 4. The molecule has 0 bridgehead atoms. The normalized spacial score (nSPS) is 10.7. The van der Waals surface area contributed by atoms with E-state index in [0.29, 0.717) is 29.5 Å². The lowest BCUT2D eigenvalue weighted by Crippen LogP contribution is -2.35. The number of aliphatic hydroxyl groups excluding tert-OH is 1. The maximum atomic E-state index is 11.8. The van der Waals surface area contributed by atoms with Gasteiger partial charge in [0.25, 0.3) is 0 Å². The molecule has 0 saturated heterocycles. The molecule has 1 rings (SSSR count). The van der Waals surface area contributed by atoms with Crippen LogP contribution in [0.2, 0.25) is 5.02 Å². The molecule has 0 radical (unpaired) electrons. The number of halogens is 1. The van der Waals surface area contributed by atoms with Gasteiger partial charge in [-0.1, -0.05) is 18.5 Å². The highest BCUT2D eigenvalue weighted by molar-refractivity contribution is 6.33. The number of aliphatic hydroxyl groups is 1. The van der Waals surface area contributed by atoms with Gasteiger partial charge in [0.2, 0.25) is 5.91 Å². The summed E-state index contributed by atoms with van der Waals surface area (Å²) in [5.41, 5.74) is 6.67. The molecule has 0 aliphatic carbocycles. The van der Waals surface area contributed by atoms with Crippen LogP contribution >= 0.6 is 11.6 Å². The third kappa shape index (κ3) is 4.52. The van der Waals surface area contributed by atoms with Gasteiger partial charge >= 0.3 is 0 Å². The lowest BCUT2D eigenvalue weighted by molar-refractivity contribution is -0.117. The molecule has 0 heterocycles. The Bertz CT molecular complexity index is 412. The predicted molar refractivity (Wildman–Crippen MR) is 73.7 cm³/mol. The molecule has 0 fully saturated rings. The molecule has 1 aromatic rings. The van der Waals surface area contributed by atoms with Crippen molar-refractivity contribution in [1.82, 2.24) is 4.90 Å². The van der Waals surface area contributed by atoms with Crippen LogP contribution < -0.4 is 11.1 Å². The van der Waals surface area contributed by atoms with E-state index in [2.05, 4.69) is 5.32 Å². The molecule has 0 saturated carbocycles. The van der Waals surface area contributed by atoms with E-state index in [1.165, 1.54) is 0 Å². The Morgan fingerprint density at radius 1 is 1.56 bits per heavy atom. The first-order valence-corrected chi connectivity index (χ1v) is 6.12. The largest absolute Gasteiger partial charge is 0.399 e. The van der Waals surface area contributed by atoms with Crippen molar-refractivity contribution >= 4 is 28.9 Å². The molecule has 0 unspecified atom stereocenters. The highest BCUT2D eigenvalue weighted by Crippen LogP contribution is 2.23. The van der Waals surface area contributed by atoms with Gasteiger partial charge in [0.1, 0.15) is 0 Å². The SMILES string of the molecule is CCN(CCO)CC(=O)Nc1cc(N)ccc1Cl.